The summed E-state index contributed by atoms with van der Waals surface area (Å²) >= 11 is 0. The molecule has 0 saturated heterocycles. The summed E-state index contributed by atoms with van der Waals surface area (Å²) in [5.41, 5.74) is 0.915. The highest BCUT2D eigenvalue weighted by Gasteiger charge is 2.50. The van der Waals surface area contributed by atoms with Gasteiger partial charge in [-0.3, -0.25) is 9.59 Å². The number of nitrogens with zero attached hydrogens (tertiary/aromatic N) is 4. The Hall–Kier alpha value is -3.27. The zero-order valence-corrected chi connectivity index (χ0v) is 22.4. The molecule has 2 fully saturated rings. The van der Waals surface area contributed by atoms with E-state index < -0.39 is 11.6 Å². The number of hydrogen-bond acceptors (Lipinski definition) is 7. The van der Waals surface area contributed by atoms with Gasteiger partial charge in [0.2, 0.25) is 5.91 Å². The molecule has 1 aromatic heterocycles. The number of aromatic nitrogens is 3. The lowest BCUT2D eigenvalue weighted by atomic mass is 9.60. The second-order valence-corrected chi connectivity index (χ2v) is 11.7. The first-order valence-electron chi connectivity index (χ1n) is 13.5. The maximum absolute atomic E-state index is 13.1. The van der Waals surface area contributed by atoms with E-state index in [1.165, 1.54) is 11.9 Å². The summed E-state index contributed by atoms with van der Waals surface area (Å²) in [5, 5.41) is 22.6. The number of rotatable bonds is 9. The number of hydrogen-bond donors (Lipinski definition) is 2. The van der Waals surface area contributed by atoms with Crippen LogP contribution in [0, 0.1) is 11.8 Å². The number of aliphatic hydroxyl groups is 1. The summed E-state index contributed by atoms with van der Waals surface area (Å²) in [6, 6.07) is 4.57. The fourth-order valence-corrected chi connectivity index (χ4v) is 7.20. The van der Waals surface area contributed by atoms with Crippen LogP contribution in [-0.2, 0) is 28.3 Å². The molecule has 2 saturated carbocycles. The van der Waals surface area contributed by atoms with E-state index in [1.54, 1.807) is 18.2 Å². The zero-order chi connectivity index (χ0) is 27.1. The molecule has 5 rings (SSSR count). The maximum Gasteiger partial charge on any atom is 0.255 e. The van der Waals surface area contributed by atoms with E-state index in [0.29, 0.717) is 40.8 Å². The number of benzene rings is 1. The van der Waals surface area contributed by atoms with E-state index in [4.69, 9.17) is 4.74 Å². The Bertz CT molecular complexity index is 1230. The van der Waals surface area contributed by atoms with Crippen molar-refractivity contribution in [1.29, 1.82) is 0 Å². The summed E-state index contributed by atoms with van der Waals surface area (Å²) in [5.74, 6) is 1.02. The summed E-state index contributed by atoms with van der Waals surface area (Å²) in [7, 11) is 1.52. The molecule has 1 aromatic carbocycles. The quantitative estimate of drug-likeness (QED) is 0.484. The van der Waals surface area contributed by atoms with Gasteiger partial charge in [0.25, 0.3) is 5.91 Å². The number of carbonyl (C=O) groups excluding carboxylic acids is 3. The molecule has 2 amide bonds. The molecule has 2 N–H and O–H groups in total. The topological polar surface area (TPSA) is 127 Å². The van der Waals surface area contributed by atoms with Crippen LogP contribution in [0.4, 0.5) is 0 Å². The summed E-state index contributed by atoms with van der Waals surface area (Å²) in [6.07, 6.45) is 7.55. The molecule has 0 radical (unpaired) electrons. The van der Waals surface area contributed by atoms with Crippen LogP contribution in [0.2, 0.25) is 0 Å². The van der Waals surface area contributed by atoms with E-state index >= 15 is 0 Å². The van der Waals surface area contributed by atoms with Gasteiger partial charge < -0.3 is 24.9 Å². The van der Waals surface area contributed by atoms with Gasteiger partial charge in [-0.05, 0) is 63.0 Å². The van der Waals surface area contributed by atoms with Gasteiger partial charge in [0.05, 0.1) is 23.9 Å². The number of ether oxygens (including phenoxy) is 1. The van der Waals surface area contributed by atoms with Gasteiger partial charge in [-0.15, -0.1) is 5.10 Å². The number of carbonyl (C=O) groups is 3. The Morgan fingerprint density at radius 1 is 1.34 bits per heavy atom. The molecular formula is C28H37N5O5. The minimum Gasteiger partial charge on any atom is -0.487 e. The Morgan fingerprint density at radius 2 is 2.16 bits per heavy atom. The largest absolute Gasteiger partial charge is 0.487 e. The first-order chi connectivity index (χ1) is 18.1. The highest BCUT2D eigenvalue weighted by atomic mass is 16.5. The normalized spacial score (nSPS) is 29.1. The Labute approximate surface area is 222 Å². The van der Waals surface area contributed by atoms with Crippen molar-refractivity contribution >= 4 is 18.1 Å². The Morgan fingerprint density at radius 3 is 2.89 bits per heavy atom. The molecule has 38 heavy (non-hydrogen) atoms. The van der Waals surface area contributed by atoms with Crippen molar-refractivity contribution in [1.82, 2.24) is 25.2 Å². The second kappa shape index (κ2) is 10.1. The molecule has 2 aromatic rings. The maximum atomic E-state index is 13.1. The van der Waals surface area contributed by atoms with Gasteiger partial charge in [-0.25, -0.2) is 4.68 Å². The standard InChI is InChI=1S/C28H37N5O5/c1-18-10-19-12-27(2,17-28(37,11-18)13-19)33-14-20(30-31-33)16-38-24-8-4-6-21-22(24)15-32(26(21)36)23(7-5-9-34)25(35)29-3/h4,6,8-9,14,18-19,23,37H,5,7,10-13,15-17H2,1-3H3,(H,29,35). The van der Waals surface area contributed by atoms with Gasteiger partial charge in [0.15, 0.2) is 0 Å². The predicted octanol–water partition coefficient (Wildman–Crippen LogP) is 2.58. The molecule has 2 bridgehead atoms. The average Bonchev–Trinajstić information content (AvgIpc) is 3.47. The molecule has 3 aliphatic rings. The number of aldehydes is 1. The van der Waals surface area contributed by atoms with Crippen molar-refractivity contribution in [2.45, 2.75) is 89.1 Å². The first kappa shape index (κ1) is 26.3. The Kier molecular flexibility index (Phi) is 7.02. The number of fused-ring (bicyclic) bond motifs is 3. The molecule has 5 unspecified atom stereocenters. The van der Waals surface area contributed by atoms with Crippen LogP contribution in [0.15, 0.2) is 24.4 Å². The first-order valence-corrected chi connectivity index (χ1v) is 13.5. The van der Waals surface area contributed by atoms with E-state index in [9.17, 15) is 19.5 Å². The second-order valence-electron chi connectivity index (χ2n) is 11.7. The molecule has 5 atom stereocenters. The third-order valence-electron chi connectivity index (χ3n) is 8.48. The van der Waals surface area contributed by atoms with Gasteiger partial charge in [0, 0.05) is 31.0 Å². The van der Waals surface area contributed by atoms with Crippen LogP contribution in [0.1, 0.15) is 80.4 Å². The van der Waals surface area contributed by atoms with Crippen LogP contribution in [-0.4, -0.2) is 61.8 Å². The van der Waals surface area contributed by atoms with Crippen molar-refractivity contribution in [2.75, 3.05) is 7.05 Å². The SMILES string of the molecule is CNC(=O)C(CCC=O)N1Cc2c(OCc3cn(C4(C)CC5CC(C)CC(O)(C5)C4)nn3)cccc2C1=O. The molecule has 2 heterocycles. The molecule has 204 valence electrons. The van der Waals surface area contributed by atoms with Gasteiger partial charge >= 0.3 is 0 Å². The van der Waals surface area contributed by atoms with Crippen molar-refractivity contribution in [3.63, 3.8) is 0 Å². The van der Waals surface area contributed by atoms with Crippen molar-refractivity contribution < 1.29 is 24.2 Å². The molecule has 1 aliphatic heterocycles. The highest BCUT2D eigenvalue weighted by molar-refractivity contribution is 6.01. The van der Waals surface area contributed by atoms with Crippen LogP contribution < -0.4 is 10.1 Å². The fourth-order valence-electron chi connectivity index (χ4n) is 7.20. The molecule has 10 nitrogen and oxygen atoms in total. The number of amides is 2. The van der Waals surface area contributed by atoms with Gasteiger partial charge in [-0.1, -0.05) is 18.2 Å². The van der Waals surface area contributed by atoms with Crippen molar-refractivity contribution in [3.8, 4) is 5.75 Å². The van der Waals surface area contributed by atoms with Crippen LogP contribution in [0.3, 0.4) is 0 Å². The third-order valence-corrected chi connectivity index (χ3v) is 8.48. The minimum atomic E-state index is -0.730. The van der Waals surface area contributed by atoms with Crippen LogP contribution in [0.5, 0.6) is 5.75 Å². The van der Waals surface area contributed by atoms with E-state index in [-0.39, 0.29) is 43.3 Å². The van der Waals surface area contributed by atoms with E-state index in [0.717, 1.165) is 32.0 Å². The number of nitrogens with one attached hydrogen (secondary N) is 1. The van der Waals surface area contributed by atoms with Gasteiger partial charge in [0.1, 0.15) is 30.4 Å². The third kappa shape index (κ3) is 4.93. The monoisotopic (exact) mass is 523 g/mol. The Balaban J connectivity index is 1.29. The molecular weight excluding hydrogens is 486 g/mol. The van der Waals surface area contributed by atoms with Crippen LogP contribution >= 0.6 is 0 Å². The minimum absolute atomic E-state index is 0.176. The van der Waals surface area contributed by atoms with Crippen molar-refractivity contribution in [2.24, 2.45) is 11.8 Å². The summed E-state index contributed by atoms with van der Waals surface area (Å²) in [4.78, 5) is 38.0. The van der Waals surface area contributed by atoms with Crippen LogP contribution in [0.25, 0.3) is 0 Å². The highest BCUT2D eigenvalue weighted by Crippen LogP contribution is 2.51. The zero-order valence-electron chi connectivity index (χ0n) is 22.4. The average molecular weight is 524 g/mol. The fraction of sp³-hybridized carbons (Fsp3) is 0.607. The number of likely N-dealkylation sites (N-methyl/N-ethyl adjacent to an activating group) is 1. The summed E-state index contributed by atoms with van der Waals surface area (Å²) < 4.78 is 8.01. The van der Waals surface area contributed by atoms with E-state index in [2.05, 4.69) is 29.5 Å². The lowest BCUT2D eigenvalue weighted by Gasteiger charge is -2.51. The van der Waals surface area contributed by atoms with E-state index in [1.807, 2.05) is 10.9 Å². The van der Waals surface area contributed by atoms with Gasteiger partial charge in [-0.2, -0.15) is 0 Å². The lowest BCUT2D eigenvalue weighted by molar-refractivity contribution is -0.125. The molecule has 10 heteroatoms. The smallest absolute Gasteiger partial charge is 0.255 e. The summed E-state index contributed by atoms with van der Waals surface area (Å²) in [6.45, 7) is 4.78. The van der Waals surface area contributed by atoms with Crippen molar-refractivity contribution in [3.05, 3.63) is 41.2 Å². The molecule has 2 aliphatic carbocycles. The molecule has 0 spiro atoms. The lowest BCUT2D eigenvalue weighted by Crippen LogP contribution is -2.52. The predicted molar refractivity (Wildman–Crippen MR) is 138 cm³/mol.